The summed E-state index contributed by atoms with van der Waals surface area (Å²) in [6.45, 7) is 3.27. The number of amidine groups is 1. The average molecular weight is 504 g/mol. The number of carboxylic acids is 2. The zero-order valence-electron chi connectivity index (χ0n) is 20.0. The Kier molecular flexibility index (Phi) is 7.98. The van der Waals surface area contributed by atoms with Crippen molar-refractivity contribution in [1.29, 1.82) is 5.41 Å². The highest BCUT2D eigenvalue weighted by Gasteiger charge is 2.26. The van der Waals surface area contributed by atoms with Gasteiger partial charge in [0, 0.05) is 28.6 Å². The third-order valence-electron chi connectivity index (χ3n) is 5.50. The van der Waals surface area contributed by atoms with Gasteiger partial charge in [-0.2, -0.15) is 0 Å². The number of nitrogens with two attached hydrogens (primary N) is 1. The Morgan fingerprint density at radius 3 is 2.14 bits per heavy atom. The molecule has 0 bridgehead atoms. The summed E-state index contributed by atoms with van der Waals surface area (Å²) in [7, 11) is 0. The van der Waals surface area contributed by atoms with Crippen LogP contribution in [0.25, 0.3) is 11.1 Å². The molecular weight excluding hydrogens is 478 g/mol. The van der Waals surface area contributed by atoms with Crippen molar-refractivity contribution in [3.63, 3.8) is 0 Å². The van der Waals surface area contributed by atoms with Crippen LogP contribution in [0.1, 0.15) is 50.6 Å². The van der Waals surface area contributed by atoms with Crippen LogP contribution in [-0.2, 0) is 4.79 Å². The van der Waals surface area contributed by atoms with Crippen LogP contribution < -0.4 is 16.4 Å². The third kappa shape index (κ3) is 6.14. The summed E-state index contributed by atoms with van der Waals surface area (Å²) in [5.74, 6) is -4.42. The summed E-state index contributed by atoms with van der Waals surface area (Å²) in [6.07, 6.45) is 1.39. The lowest BCUT2D eigenvalue weighted by atomic mass is 9.95. The van der Waals surface area contributed by atoms with Crippen molar-refractivity contribution in [1.82, 2.24) is 10.3 Å². The number of rotatable bonds is 9. The first-order valence-electron chi connectivity index (χ1n) is 11.1. The Balaban J connectivity index is 1.96. The Bertz CT molecular complexity index is 1380. The number of carboxylic acid groups (broad SMARTS) is 2. The predicted octanol–water partition coefficient (Wildman–Crippen LogP) is 2.82. The van der Waals surface area contributed by atoms with E-state index >= 15 is 0 Å². The van der Waals surface area contributed by atoms with Crippen LogP contribution in [0, 0.1) is 11.3 Å². The smallest absolute Gasteiger partial charge is 0.336 e. The van der Waals surface area contributed by atoms with Crippen LogP contribution in [0.2, 0.25) is 0 Å². The van der Waals surface area contributed by atoms with Gasteiger partial charge in [-0.3, -0.25) is 20.0 Å². The maximum absolute atomic E-state index is 13.0. The molecule has 0 aliphatic heterocycles. The SMILES string of the molecule is CC(C)[C@H](NC(=O)c1ccc(-c2cccnc2C(=O)Nc2ccc(C(=N)N)cc2)c(C(=O)O)c1)C(=O)O. The number of aromatic carboxylic acids is 1. The summed E-state index contributed by atoms with van der Waals surface area (Å²) in [5, 5.41) is 31.7. The number of hydrogen-bond donors (Lipinski definition) is 6. The first-order chi connectivity index (χ1) is 17.5. The van der Waals surface area contributed by atoms with Crippen LogP contribution in [0.3, 0.4) is 0 Å². The highest BCUT2D eigenvalue weighted by atomic mass is 16.4. The molecule has 11 nitrogen and oxygen atoms in total. The molecule has 1 atom stereocenters. The standard InChI is InChI=1S/C26H25N5O6/c1-13(2)20(26(36)37)31-23(32)15-7-10-17(19(12-15)25(34)35)18-4-3-11-29-21(18)24(33)30-16-8-5-14(6-9-16)22(27)28/h3-13,20H,1-2H3,(H3,27,28)(H,30,33)(H,31,32)(H,34,35)(H,36,37)/t20-/m0/s1. The van der Waals surface area contributed by atoms with Crippen LogP contribution >= 0.6 is 0 Å². The van der Waals surface area contributed by atoms with Crippen LogP contribution in [-0.4, -0.2) is 50.8 Å². The zero-order valence-corrected chi connectivity index (χ0v) is 20.0. The molecule has 2 amide bonds. The summed E-state index contributed by atoms with van der Waals surface area (Å²) >= 11 is 0. The topological polar surface area (TPSA) is 196 Å². The Hall–Kier alpha value is -5.06. The number of aromatic nitrogens is 1. The van der Waals surface area contributed by atoms with Crippen molar-refractivity contribution in [2.24, 2.45) is 11.7 Å². The Morgan fingerprint density at radius 2 is 1.57 bits per heavy atom. The van der Waals surface area contributed by atoms with Crippen LogP contribution in [0.5, 0.6) is 0 Å². The Labute approximate surface area is 211 Å². The van der Waals surface area contributed by atoms with Gasteiger partial charge in [0.15, 0.2) is 0 Å². The van der Waals surface area contributed by atoms with Crippen molar-refractivity contribution < 1.29 is 29.4 Å². The van der Waals surface area contributed by atoms with Gasteiger partial charge in [0.25, 0.3) is 11.8 Å². The van der Waals surface area contributed by atoms with Gasteiger partial charge in [-0.1, -0.05) is 26.0 Å². The largest absolute Gasteiger partial charge is 0.480 e. The molecule has 3 aromatic rings. The fourth-order valence-electron chi connectivity index (χ4n) is 3.56. The fraction of sp³-hybridized carbons (Fsp3) is 0.154. The van der Waals surface area contributed by atoms with Gasteiger partial charge in [0.2, 0.25) is 0 Å². The van der Waals surface area contributed by atoms with E-state index in [-0.39, 0.29) is 33.8 Å². The molecule has 1 aromatic heterocycles. The number of aliphatic carboxylic acids is 1. The summed E-state index contributed by atoms with van der Waals surface area (Å²) in [5.41, 5.74) is 6.34. The number of carbonyl (C=O) groups is 4. The van der Waals surface area contributed by atoms with Crippen molar-refractivity contribution >= 4 is 35.3 Å². The third-order valence-corrected chi connectivity index (χ3v) is 5.50. The number of hydrogen-bond acceptors (Lipinski definition) is 6. The number of nitrogens with zero attached hydrogens (tertiary/aromatic N) is 1. The Morgan fingerprint density at radius 1 is 0.919 bits per heavy atom. The minimum atomic E-state index is -1.35. The van der Waals surface area contributed by atoms with E-state index in [1.807, 2.05) is 0 Å². The maximum atomic E-state index is 13.0. The molecule has 1 heterocycles. The molecule has 0 aliphatic rings. The first-order valence-corrected chi connectivity index (χ1v) is 11.1. The van der Waals surface area contributed by atoms with E-state index in [2.05, 4.69) is 15.6 Å². The van der Waals surface area contributed by atoms with Crippen molar-refractivity contribution in [3.8, 4) is 11.1 Å². The van der Waals surface area contributed by atoms with E-state index in [1.54, 1.807) is 44.2 Å². The molecule has 0 aliphatic carbocycles. The second kappa shape index (κ2) is 11.1. The number of amides is 2. The van der Waals surface area contributed by atoms with E-state index < -0.39 is 35.7 Å². The molecule has 0 spiro atoms. The number of anilines is 1. The molecular formula is C26H25N5O6. The second-order valence-corrected chi connectivity index (χ2v) is 8.44. The first kappa shape index (κ1) is 26.5. The number of carbonyl (C=O) groups excluding carboxylic acids is 2. The van der Waals surface area contributed by atoms with Gasteiger partial charge >= 0.3 is 11.9 Å². The van der Waals surface area contributed by atoms with Crippen molar-refractivity contribution in [3.05, 3.63) is 83.2 Å². The fourth-order valence-corrected chi connectivity index (χ4v) is 3.56. The molecule has 11 heteroatoms. The summed E-state index contributed by atoms with van der Waals surface area (Å²) < 4.78 is 0. The zero-order chi connectivity index (χ0) is 27.3. The number of benzene rings is 2. The molecule has 0 saturated heterocycles. The number of nitrogens with one attached hydrogen (secondary N) is 3. The molecule has 0 fully saturated rings. The monoisotopic (exact) mass is 503 g/mol. The summed E-state index contributed by atoms with van der Waals surface area (Å²) in [4.78, 5) is 53.3. The average Bonchev–Trinajstić information content (AvgIpc) is 2.86. The lowest BCUT2D eigenvalue weighted by Gasteiger charge is -2.18. The highest BCUT2D eigenvalue weighted by Crippen LogP contribution is 2.28. The molecule has 3 rings (SSSR count). The molecule has 190 valence electrons. The molecule has 37 heavy (non-hydrogen) atoms. The van der Waals surface area contributed by atoms with Crippen molar-refractivity contribution in [2.45, 2.75) is 19.9 Å². The van der Waals surface area contributed by atoms with E-state index in [4.69, 9.17) is 11.1 Å². The van der Waals surface area contributed by atoms with Gasteiger partial charge < -0.3 is 26.6 Å². The number of pyridine rings is 1. The second-order valence-electron chi connectivity index (χ2n) is 8.44. The maximum Gasteiger partial charge on any atom is 0.336 e. The quantitative estimate of drug-likeness (QED) is 0.189. The van der Waals surface area contributed by atoms with Gasteiger partial charge in [-0.05, 0) is 53.9 Å². The van der Waals surface area contributed by atoms with Gasteiger partial charge in [0.1, 0.15) is 17.6 Å². The molecule has 2 aromatic carbocycles. The molecule has 0 unspecified atom stereocenters. The highest BCUT2D eigenvalue weighted by molar-refractivity contribution is 6.10. The lowest BCUT2D eigenvalue weighted by molar-refractivity contribution is -0.140. The van der Waals surface area contributed by atoms with E-state index in [1.165, 1.54) is 24.4 Å². The van der Waals surface area contributed by atoms with Gasteiger partial charge in [-0.25, -0.2) is 9.59 Å². The van der Waals surface area contributed by atoms with E-state index in [0.29, 0.717) is 11.3 Å². The van der Waals surface area contributed by atoms with E-state index in [9.17, 15) is 29.4 Å². The molecule has 7 N–H and O–H groups in total. The predicted molar refractivity (Wildman–Crippen MR) is 136 cm³/mol. The van der Waals surface area contributed by atoms with E-state index in [0.717, 1.165) is 6.07 Å². The van der Waals surface area contributed by atoms with Gasteiger partial charge in [0.05, 0.1) is 5.56 Å². The molecule has 0 radical (unpaired) electrons. The van der Waals surface area contributed by atoms with Crippen LogP contribution in [0.15, 0.2) is 60.8 Å². The minimum Gasteiger partial charge on any atom is -0.480 e. The molecule has 0 saturated carbocycles. The van der Waals surface area contributed by atoms with Gasteiger partial charge in [-0.15, -0.1) is 0 Å². The normalized spacial score (nSPS) is 11.4. The van der Waals surface area contributed by atoms with Crippen LogP contribution in [0.4, 0.5) is 5.69 Å². The minimum absolute atomic E-state index is 0.0477. The number of nitrogen functional groups attached to an aromatic ring is 1. The lowest BCUT2D eigenvalue weighted by Crippen LogP contribution is -2.44. The van der Waals surface area contributed by atoms with Crippen molar-refractivity contribution in [2.75, 3.05) is 5.32 Å². The summed E-state index contributed by atoms with van der Waals surface area (Å²) in [6, 6.07) is 12.0.